The van der Waals surface area contributed by atoms with Crippen LogP contribution in [0.2, 0.25) is 0 Å². The number of hydrogen-bond acceptors (Lipinski definition) is 6. The van der Waals surface area contributed by atoms with Crippen molar-refractivity contribution in [3.8, 4) is 0 Å². The molecular formula is C18H32N3O5PS. The van der Waals surface area contributed by atoms with Crippen LogP contribution in [0.5, 0.6) is 0 Å². The lowest BCUT2D eigenvalue weighted by Gasteiger charge is -2.24. The van der Waals surface area contributed by atoms with Crippen molar-refractivity contribution in [2.24, 2.45) is 0 Å². The number of carbonyl (C=O) groups is 3. The minimum Gasteiger partial charge on any atom is -0.352 e. The van der Waals surface area contributed by atoms with Crippen LogP contribution in [-0.2, 0) is 23.4 Å². The molecule has 10 heteroatoms. The summed E-state index contributed by atoms with van der Waals surface area (Å²) < 4.78 is 10.7. The molecule has 0 saturated carbocycles. The topological polar surface area (TPSA) is 97.0 Å². The van der Waals surface area contributed by atoms with Crippen LogP contribution in [0.4, 0.5) is 0 Å². The largest absolute Gasteiger partial charge is 0.352 e. The highest BCUT2D eigenvalue weighted by Crippen LogP contribution is 2.36. The fraction of sp³-hybridized carbons (Fsp3) is 0.611. The van der Waals surface area contributed by atoms with Gasteiger partial charge < -0.3 is 24.6 Å². The molecule has 0 spiro atoms. The van der Waals surface area contributed by atoms with Gasteiger partial charge in [-0.3, -0.25) is 14.4 Å². The predicted octanol–water partition coefficient (Wildman–Crippen LogP) is 1.84. The van der Waals surface area contributed by atoms with Crippen LogP contribution < -0.4 is 10.6 Å². The van der Waals surface area contributed by atoms with Crippen LogP contribution in [-0.4, -0.2) is 68.7 Å². The number of nitrogens with zero attached hydrogens (tertiary/aromatic N) is 1. The van der Waals surface area contributed by atoms with Crippen LogP contribution in [0.15, 0.2) is 23.6 Å². The Morgan fingerprint density at radius 2 is 1.61 bits per heavy atom. The highest BCUT2D eigenvalue weighted by atomic mass is 32.1. The lowest BCUT2D eigenvalue weighted by Crippen LogP contribution is -2.38. The van der Waals surface area contributed by atoms with Crippen LogP contribution >= 0.6 is 21.0 Å². The predicted molar refractivity (Wildman–Crippen MR) is 115 cm³/mol. The van der Waals surface area contributed by atoms with Crippen LogP contribution in [0.3, 0.4) is 0 Å². The van der Waals surface area contributed by atoms with Crippen molar-refractivity contribution < 1.29 is 23.4 Å². The summed E-state index contributed by atoms with van der Waals surface area (Å²) in [4.78, 5) is 37.5. The van der Waals surface area contributed by atoms with E-state index in [-0.39, 0.29) is 28.8 Å². The molecule has 8 nitrogen and oxygen atoms in total. The van der Waals surface area contributed by atoms with Gasteiger partial charge in [0.25, 0.3) is 5.91 Å². The Bertz CT molecular complexity index is 525. The molecule has 0 rings (SSSR count). The van der Waals surface area contributed by atoms with Crippen molar-refractivity contribution in [2.45, 2.75) is 26.7 Å². The molecular weight excluding hydrogens is 401 g/mol. The number of rotatable bonds is 15. The van der Waals surface area contributed by atoms with Crippen molar-refractivity contribution in [2.75, 3.05) is 46.1 Å². The van der Waals surface area contributed by atoms with E-state index in [4.69, 9.17) is 9.05 Å². The third-order valence-corrected chi connectivity index (χ3v) is 5.21. The first-order chi connectivity index (χ1) is 13.2. The zero-order valence-electron chi connectivity index (χ0n) is 17.0. The summed E-state index contributed by atoms with van der Waals surface area (Å²) in [5.74, 6) is -0.618. The van der Waals surface area contributed by atoms with Crippen molar-refractivity contribution >= 4 is 38.7 Å². The monoisotopic (exact) mass is 433 g/mol. The summed E-state index contributed by atoms with van der Waals surface area (Å²) in [5.41, 5.74) is 0.442. The molecule has 0 aliphatic heterocycles. The van der Waals surface area contributed by atoms with Crippen molar-refractivity contribution in [3.05, 3.63) is 23.6 Å². The molecule has 1 unspecified atom stereocenters. The third-order valence-electron chi connectivity index (χ3n) is 3.52. The van der Waals surface area contributed by atoms with Crippen molar-refractivity contribution in [3.63, 3.8) is 0 Å². The minimum absolute atomic E-state index is 0.0856. The quantitative estimate of drug-likeness (QED) is 0.159. The molecule has 0 heterocycles. The fourth-order valence-electron chi connectivity index (χ4n) is 2.08. The van der Waals surface area contributed by atoms with Crippen molar-refractivity contribution in [1.29, 1.82) is 0 Å². The molecule has 0 aliphatic rings. The molecule has 0 fully saturated rings. The summed E-state index contributed by atoms with van der Waals surface area (Å²) in [7, 11) is 0.250. The van der Waals surface area contributed by atoms with Crippen LogP contribution in [0.25, 0.3) is 0 Å². The van der Waals surface area contributed by atoms with Gasteiger partial charge in [0.2, 0.25) is 11.8 Å². The van der Waals surface area contributed by atoms with Crippen LogP contribution in [0.1, 0.15) is 26.7 Å². The SMILES string of the molecule is C=C(C)C(=O)NCCCN(CCCNC(=O)C(=C)S)C(=O)CP(OC)OCC. The van der Waals surface area contributed by atoms with Crippen LogP contribution in [0, 0.1) is 0 Å². The maximum Gasteiger partial charge on any atom is 0.256 e. The Labute approximate surface area is 174 Å². The smallest absolute Gasteiger partial charge is 0.256 e. The molecule has 0 saturated heterocycles. The Kier molecular flexibility index (Phi) is 14.7. The molecule has 0 radical (unpaired) electrons. The standard InChI is InChI=1S/C18H32N3O5PS/c1-6-26-27(25-5)13-16(22)21(11-7-9-19-17(23)14(2)3)12-8-10-20-18(24)15(4)28/h28H,2,4,6-13H2,1,3,5H3,(H,19,23)(H,20,24). The van der Waals surface area contributed by atoms with E-state index < -0.39 is 8.38 Å². The highest BCUT2D eigenvalue weighted by Gasteiger charge is 2.20. The lowest BCUT2D eigenvalue weighted by atomic mass is 10.3. The van der Waals surface area contributed by atoms with E-state index in [9.17, 15) is 14.4 Å². The lowest BCUT2D eigenvalue weighted by molar-refractivity contribution is -0.128. The van der Waals surface area contributed by atoms with Gasteiger partial charge in [0.05, 0.1) is 17.7 Å². The van der Waals surface area contributed by atoms with E-state index in [1.807, 2.05) is 6.92 Å². The van der Waals surface area contributed by atoms with Gasteiger partial charge >= 0.3 is 0 Å². The Morgan fingerprint density at radius 3 is 2.04 bits per heavy atom. The first-order valence-corrected chi connectivity index (χ1v) is 10.9. The molecule has 0 aromatic carbocycles. The normalized spacial score (nSPS) is 11.4. The van der Waals surface area contributed by atoms with Gasteiger partial charge in [-0.25, -0.2) is 0 Å². The molecule has 0 bridgehead atoms. The second kappa shape index (κ2) is 15.5. The molecule has 3 amide bonds. The zero-order chi connectivity index (χ0) is 21.5. The summed E-state index contributed by atoms with van der Waals surface area (Å²) >= 11 is 3.89. The third kappa shape index (κ3) is 12.1. The number of nitrogens with one attached hydrogen (secondary N) is 2. The van der Waals surface area contributed by atoms with E-state index in [1.165, 1.54) is 7.11 Å². The molecule has 0 aromatic heterocycles. The van der Waals surface area contributed by atoms with Gasteiger partial charge in [-0.05, 0) is 26.7 Å². The van der Waals surface area contributed by atoms with Gasteiger partial charge in [0, 0.05) is 38.9 Å². The Morgan fingerprint density at radius 1 is 1.07 bits per heavy atom. The van der Waals surface area contributed by atoms with E-state index in [0.29, 0.717) is 51.2 Å². The molecule has 160 valence electrons. The van der Waals surface area contributed by atoms with E-state index >= 15 is 0 Å². The fourth-order valence-corrected chi connectivity index (χ4v) is 3.19. The number of carbonyl (C=O) groups excluding carboxylic acids is 3. The summed E-state index contributed by atoms with van der Waals surface area (Å²) in [6.07, 6.45) is 1.35. The van der Waals surface area contributed by atoms with Gasteiger partial charge in [0.1, 0.15) is 0 Å². The Balaban J connectivity index is 4.60. The summed E-state index contributed by atoms with van der Waals surface area (Å²) in [6, 6.07) is 0. The second-order valence-electron chi connectivity index (χ2n) is 5.92. The molecule has 0 aromatic rings. The van der Waals surface area contributed by atoms with Gasteiger partial charge in [-0.1, -0.05) is 13.2 Å². The molecule has 28 heavy (non-hydrogen) atoms. The first-order valence-electron chi connectivity index (χ1n) is 9.05. The van der Waals surface area contributed by atoms with Crippen molar-refractivity contribution in [1.82, 2.24) is 15.5 Å². The van der Waals surface area contributed by atoms with Gasteiger partial charge in [-0.2, -0.15) is 0 Å². The van der Waals surface area contributed by atoms with E-state index in [0.717, 1.165) is 0 Å². The summed E-state index contributed by atoms with van der Waals surface area (Å²) in [6.45, 7) is 12.8. The van der Waals surface area contributed by atoms with Gasteiger partial charge in [-0.15, -0.1) is 12.6 Å². The zero-order valence-corrected chi connectivity index (χ0v) is 18.7. The number of amides is 3. The first kappa shape index (κ1) is 26.6. The maximum atomic E-state index is 12.6. The minimum atomic E-state index is -1.27. The average molecular weight is 434 g/mol. The highest BCUT2D eigenvalue weighted by molar-refractivity contribution is 7.85. The molecule has 0 aliphatic carbocycles. The van der Waals surface area contributed by atoms with Gasteiger partial charge in [0.15, 0.2) is 8.38 Å². The number of hydrogen-bond donors (Lipinski definition) is 3. The van der Waals surface area contributed by atoms with E-state index in [1.54, 1.807) is 11.8 Å². The average Bonchev–Trinajstić information content (AvgIpc) is 2.65. The summed E-state index contributed by atoms with van der Waals surface area (Å²) in [5, 5.41) is 5.42. The maximum absolute atomic E-state index is 12.6. The second-order valence-corrected chi connectivity index (χ2v) is 8.06. The number of thiol groups is 1. The van der Waals surface area contributed by atoms with E-state index in [2.05, 4.69) is 36.4 Å². The molecule has 1 atom stereocenters. The molecule has 2 N–H and O–H groups in total. The Hall–Kier alpha value is -1.41.